The van der Waals surface area contributed by atoms with Gasteiger partial charge < -0.3 is 4.52 Å². The predicted octanol–water partition coefficient (Wildman–Crippen LogP) is 3.29. The summed E-state index contributed by atoms with van der Waals surface area (Å²) in [7, 11) is 0. The summed E-state index contributed by atoms with van der Waals surface area (Å²) in [6, 6.07) is 4.57. The highest BCUT2D eigenvalue weighted by Crippen LogP contribution is 2.36. The first kappa shape index (κ1) is 13.9. The summed E-state index contributed by atoms with van der Waals surface area (Å²) in [5.74, 6) is 2.24. The molecule has 4 rings (SSSR count). The van der Waals surface area contributed by atoms with Gasteiger partial charge in [0.05, 0.1) is 6.54 Å². The molecule has 1 unspecified atom stereocenters. The SMILES string of the molecule is c1cncc(-c2noc(CN3CCCC3C3CCCC3)n2)c1. The molecule has 2 fully saturated rings. The Bertz CT molecular complexity index is 606. The van der Waals surface area contributed by atoms with Crippen LogP contribution >= 0.6 is 0 Å². The van der Waals surface area contributed by atoms with E-state index in [-0.39, 0.29) is 0 Å². The second-order valence-corrected chi connectivity index (χ2v) is 6.48. The van der Waals surface area contributed by atoms with E-state index in [0.717, 1.165) is 36.5 Å². The first-order valence-corrected chi connectivity index (χ1v) is 8.37. The Kier molecular flexibility index (Phi) is 3.89. The van der Waals surface area contributed by atoms with Crippen LogP contribution in [0.1, 0.15) is 44.4 Å². The summed E-state index contributed by atoms with van der Waals surface area (Å²) in [5.41, 5.74) is 0.909. The Hall–Kier alpha value is -1.75. The van der Waals surface area contributed by atoms with Gasteiger partial charge in [0.2, 0.25) is 11.7 Å². The summed E-state index contributed by atoms with van der Waals surface area (Å²) >= 11 is 0. The van der Waals surface area contributed by atoms with Crippen LogP contribution in [0.15, 0.2) is 29.0 Å². The molecule has 22 heavy (non-hydrogen) atoms. The van der Waals surface area contributed by atoms with E-state index >= 15 is 0 Å². The number of likely N-dealkylation sites (tertiary alicyclic amines) is 1. The van der Waals surface area contributed by atoms with Gasteiger partial charge >= 0.3 is 0 Å². The van der Waals surface area contributed by atoms with Crippen molar-refractivity contribution in [3.8, 4) is 11.4 Å². The van der Waals surface area contributed by atoms with Crippen LogP contribution in [0.25, 0.3) is 11.4 Å². The van der Waals surface area contributed by atoms with Crippen LogP contribution in [-0.2, 0) is 6.54 Å². The van der Waals surface area contributed by atoms with Crippen LogP contribution < -0.4 is 0 Å². The van der Waals surface area contributed by atoms with Gasteiger partial charge in [-0.25, -0.2) is 0 Å². The van der Waals surface area contributed by atoms with E-state index < -0.39 is 0 Å². The van der Waals surface area contributed by atoms with Crippen molar-refractivity contribution in [3.63, 3.8) is 0 Å². The maximum atomic E-state index is 5.46. The van der Waals surface area contributed by atoms with Gasteiger partial charge in [0.25, 0.3) is 0 Å². The van der Waals surface area contributed by atoms with Gasteiger partial charge in [-0.3, -0.25) is 9.88 Å². The van der Waals surface area contributed by atoms with E-state index in [1.54, 1.807) is 12.4 Å². The molecule has 3 heterocycles. The topological polar surface area (TPSA) is 55.1 Å². The zero-order chi connectivity index (χ0) is 14.8. The lowest BCUT2D eigenvalue weighted by Crippen LogP contribution is -2.34. The molecule has 0 aromatic carbocycles. The maximum Gasteiger partial charge on any atom is 0.241 e. The molecular formula is C17H22N4O. The molecule has 1 atom stereocenters. The number of aromatic nitrogens is 3. The van der Waals surface area contributed by atoms with Crippen molar-refractivity contribution < 1.29 is 4.52 Å². The van der Waals surface area contributed by atoms with Gasteiger partial charge in [-0.05, 0) is 50.3 Å². The molecule has 116 valence electrons. The molecule has 5 heteroatoms. The highest BCUT2D eigenvalue weighted by Gasteiger charge is 2.33. The predicted molar refractivity (Wildman–Crippen MR) is 82.9 cm³/mol. The summed E-state index contributed by atoms with van der Waals surface area (Å²) in [6.07, 6.45) is 11.7. The highest BCUT2D eigenvalue weighted by atomic mass is 16.5. The van der Waals surface area contributed by atoms with E-state index in [9.17, 15) is 0 Å². The number of rotatable bonds is 4. The average molecular weight is 298 g/mol. The van der Waals surface area contributed by atoms with Crippen molar-refractivity contribution in [3.05, 3.63) is 30.4 Å². The van der Waals surface area contributed by atoms with E-state index in [4.69, 9.17) is 4.52 Å². The van der Waals surface area contributed by atoms with Crippen LogP contribution in [0.3, 0.4) is 0 Å². The first-order chi connectivity index (χ1) is 10.9. The lowest BCUT2D eigenvalue weighted by atomic mass is 9.96. The van der Waals surface area contributed by atoms with E-state index in [0.29, 0.717) is 5.82 Å². The van der Waals surface area contributed by atoms with Crippen molar-refractivity contribution >= 4 is 0 Å². The normalized spacial score (nSPS) is 23.4. The second-order valence-electron chi connectivity index (χ2n) is 6.48. The summed E-state index contributed by atoms with van der Waals surface area (Å²) in [6.45, 7) is 1.94. The fraction of sp³-hybridized carbons (Fsp3) is 0.588. The third-order valence-electron chi connectivity index (χ3n) is 5.08. The third kappa shape index (κ3) is 2.77. The van der Waals surface area contributed by atoms with Crippen LogP contribution in [0.2, 0.25) is 0 Å². The van der Waals surface area contributed by atoms with Gasteiger partial charge in [-0.1, -0.05) is 18.0 Å². The first-order valence-electron chi connectivity index (χ1n) is 8.37. The monoisotopic (exact) mass is 298 g/mol. The molecule has 0 radical (unpaired) electrons. The Morgan fingerprint density at radius 1 is 1.18 bits per heavy atom. The van der Waals surface area contributed by atoms with Crippen LogP contribution in [0.4, 0.5) is 0 Å². The molecule has 0 spiro atoms. The Balaban J connectivity index is 1.46. The number of pyridine rings is 1. The molecule has 0 amide bonds. The molecule has 0 N–H and O–H groups in total. The Morgan fingerprint density at radius 3 is 2.91 bits per heavy atom. The summed E-state index contributed by atoms with van der Waals surface area (Å²) in [5, 5.41) is 4.10. The Labute approximate surface area is 130 Å². The molecule has 2 aromatic heterocycles. The van der Waals surface area contributed by atoms with Gasteiger partial charge in [-0.2, -0.15) is 4.98 Å². The largest absolute Gasteiger partial charge is 0.338 e. The van der Waals surface area contributed by atoms with Gasteiger partial charge in [0.15, 0.2) is 0 Å². The quantitative estimate of drug-likeness (QED) is 0.867. The zero-order valence-corrected chi connectivity index (χ0v) is 12.8. The number of hydrogen-bond acceptors (Lipinski definition) is 5. The van der Waals surface area contributed by atoms with Crippen molar-refractivity contribution in [2.75, 3.05) is 6.54 Å². The summed E-state index contributed by atoms with van der Waals surface area (Å²) < 4.78 is 5.46. The lowest BCUT2D eigenvalue weighted by Gasteiger charge is -2.27. The molecule has 5 nitrogen and oxygen atoms in total. The van der Waals surface area contributed by atoms with E-state index in [1.165, 1.54) is 38.5 Å². The zero-order valence-electron chi connectivity index (χ0n) is 12.8. The lowest BCUT2D eigenvalue weighted by molar-refractivity contribution is 0.163. The van der Waals surface area contributed by atoms with Crippen molar-refractivity contribution in [1.82, 2.24) is 20.0 Å². The number of hydrogen-bond donors (Lipinski definition) is 0. The van der Waals surface area contributed by atoms with Gasteiger partial charge in [-0.15, -0.1) is 0 Å². The minimum Gasteiger partial charge on any atom is -0.338 e. The average Bonchev–Trinajstić information content (AvgIpc) is 3.30. The molecule has 1 aliphatic heterocycles. The minimum absolute atomic E-state index is 0.639. The third-order valence-corrected chi connectivity index (χ3v) is 5.08. The van der Waals surface area contributed by atoms with Crippen molar-refractivity contribution in [2.45, 2.75) is 51.1 Å². The maximum absolute atomic E-state index is 5.46. The molecule has 2 aromatic rings. The minimum atomic E-state index is 0.639. The van der Waals surface area contributed by atoms with Crippen LogP contribution in [-0.4, -0.2) is 32.6 Å². The van der Waals surface area contributed by atoms with Gasteiger partial charge in [0, 0.05) is 24.0 Å². The smallest absolute Gasteiger partial charge is 0.241 e. The summed E-state index contributed by atoms with van der Waals surface area (Å²) in [4.78, 5) is 11.2. The van der Waals surface area contributed by atoms with Crippen molar-refractivity contribution in [1.29, 1.82) is 0 Å². The molecule has 1 aliphatic carbocycles. The van der Waals surface area contributed by atoms with Crippen LogP contribution in [0, 0.1) is 5.92 Å². The van der Waals surface area contributed by atoms with Gasteiger partial charge in [0.1, 0.15) is 0 Å². The fourth-order valence-corrected chi connectivity index (χ4v) is 4.03. The molecular weight excluding hydrogens is 276 g/mol. The molecule has 2 aliphatic rings. The Morgan fingerprint density at radius 2 is 2.09 bits per heavy atom. The highest BCUT2D eigenvalue weighted by molar-refractivity contribution is 5.51. The standard InChI is InChI=1S/C17H22N4O/c1-2-6-13(5-1)15-8-4-10-21(15)12-16-19-17(20-22-16)14-7-3-9-18-11-14/h3,7,9,11,13,15H,1-2,4-6,8,10,12H2. The fourth-order valence-electron chi connectivity index (χ4n) is 4.03. The van der Waals surface area contributed by atoms with Crippen LogP contribution in [0.5, 0.6) is 0 Å². The molecule has 1 saturated heterocycles. The molecule has 1 saturated carbocycles. The molecule has 0 bridgehead atoms. The second kappa shape index (κ2) is 6.16. The van der Waals surface area contributed by atoms with E-state index in [1.807, 2.05) is 12.1 Å². The van der Waals surface area contributed by atoms with Crippen molar-refractivity contribution in [2.24, 2.45) is 5.92 Å². The number of nitrogens with zero attached hydrogens (tertiary/aromatic N) is 4. The van der Waals surface area contributed by atoms with E-state index in [2.05, 4.69) is 20.0 Å².